The van der Waals surface area contributed by atoms with Crippen LogP contribution in [-0.2, 0) is 4.74 Å². The van der Waals surface area contributed by atoms with E-state index in [1.165, 1.54) is 5.56 Å². The van der Waals surface area contributed by atoms with Crippen molar-refractivity contribution in [2.45, 2.75) is 32.0 Å². The first-order valence-electron chi connectivity index (χ1n) is 9.64. The van der Waals surface area contributed by atoms with Gasteiger partial charge in [0.25, 0.3) is 6.29 Å². The van der Waals surface area contributed by atoms with Gasteiger partial charge >= 0.3 is 0 Å². The zero-order valence-electron chi connectivity index (χ0n) is 16.4. The van der Waals surface area contributed by atoms with E-state index in [2.05, 4.69) is 13.0 Å². The van der Waals surface area contributed by atoms with Crippen molar-refractivity contribution in [3.05, 3.63) is 74.2 Å². The molecule has 7 heteroatoms. The Morgan fingerprint density at radius 2 is 1.93 bits per heavy atom. The van der Waals surface area contributed by atoms with E-state index in [1.807, 2.05) is 36.4 Å². The molecule has 2 aromatic rings. The first kappa shape index (κ1) is 19.6. The maximum atomic E-state index is 10.6. The lowest BCUT2D eigenvalue weighted by Crippen LogP contribution is -2.16. The van der Waals surface area contributed by atoms with E-state index >= 15 is 0 Å². The Bertz CT molecular complexity index is 941. The van der Waals surface area contributed by atoms with Crippen LogP contribution in [0, 0.1) is 17.0 Å². The summed E-state index contributed by atoms with van der Waals surface area (Å²) in [5.41, 5.74) is 3.30. The Kier molecular flexibility index (Phi) is 5.67. The SMILES string of the molecule is COc1ccc(C2=C(SCCCC[N+](=O)[O-])C3c4cc(C)ccc4OC3O2)cc1. The molecule has 0 fully saturated rings. The Morgan fingerprint density at radius 3 is 2.66 bits per heavy atom. The van der Waals surface area contributed by atoms with E-state index in [0.29, 0.717) is 6.42 Å². The monoisotopic (exact) mass is 413 g/mol. The lowest BCUT2D eigenvalue weighted by atomic mass is 9.97. The third kappa shape index (κ3) is 4.05. The quantitative estimate of drug-likeness (QED) is 0.345. The highest BCUT2D eigenvalue weighted by molar-refractivity contribution is 8.03. The first-order chi connectivity index (χ1) is 14.1. The molecule has 29 heavy (non-hydrogen) atoms. The number of hydrogen-bond acceptors (Lipinski definition) is 6. The molecule has 152 valence electrons. The molecule has 0 saturated carbocycles. The number of ether oxygens (including phenoxy) is 3. The van der Waals surface area contributed by atoms with Crippen molar-refractivity contribution in [1.29, 1.82) is 0 Å². The molecule has 2 atom stereocenters. The van der Waals surface area contributed by atoms with Gasteiger partial charge in [0.1, 0.15) is 17.3 Å². The van der Waals surface area contributed by atoms with E-state index in [1.54, 1.807) is 18.9 Å². The van der Waals surface area contributed by atoms with Crippen molar-refractivity contribution in [2.75, 3.05) is 19.4 Å². The van der Waals surface area contributed by atoms with E-state index in [9.17, 15) is 10.1 Å². The van der Waals surface area contributed by atoms with Crippen LogP contribution < -0.4 is 9.47 Å². The molecule has 2 aromatic carbocycles. The number of methoxy groups -OCH3 is 1. The topological polar surface area (TPSA) is 70.8 Å². The minimum absolute atomic E-state index is 0.0125. The van der Waals surface area contributed by atoms with Crippen molar-refractivity contribution >= 4 is 17.5 Å². The molecule has 2 unspecified atom stereocenters. The molecule has 0 aromatic heterocycles. The summed E-state index contributed by atoms with van der Waals surface area (Å²) in [4.78, 5) is 11.4. The normalized spacial score (nSPS) is 19.4. The van der Waals surface area contributed by atoms with Crippen molar-refractivity contribution in [1.82, 2.24) is 0 Å². The number of rotatable bonds is 8. The second-order valence-electron chi connectivity index (χ2n) is 7.16. The van der Waals surface area contributed by atoms with E-state index in [-0.39, 0.29) is 23.7 Å². The minimum Gasteiger partial charge on any atom is -0.497 e. The van der Waals surface area contributed by atoms with Gasteiger partial charge in [0.15, 0.2) is 0 Å². The van der Waals surface area contributed by atoms with Crippen LogP contribution in [0.4, 0.5) is 0 Å². The van der Waals surface area contributed by atoms with E-state index < -0.39 is 0 Å². The van der Waals surface area contributed by atoms with Gasteiger partial charge in [0, 0.05) is 27.4 Å². The van der Waals surface area contributed by atoms with Crippen LogP contribution in [-0.4, -0.2) is 30.6 Å². The zero-order chi connectivity index (χ0) is 20.4. The number of hydrogen-bond donors (Lipinski definition) is 0. The van der Waals surface area contributed by atoms with Gasteiger partial charge in [0.05, 0.1) is 13.0 Å². The van der Waals surface area contributed by atoms with Crippen LogP contribution in [0.2, 0.25) is 0 Å². The molecule has 0 N–H and O–H groups in total. The Morgan fingerprint density at radius 1 is 1.14 bits per heavy atom. The number of nitro groups is 1. The third-order valence-electron chi connectivity index (χ3n) is 5.10. The third-order valence-corrected chi connectivity index (χ3v) is 6.34. The number of thioether (sulfide) groups is 1. The van der Waals surface area contributed by atoms with Gasteiger partial charge in [-0.25, -0.2) is 0 Å². The number of nitrogens with zero attached hydrogens (tertiary/aromatic N) is 1. The fourth-order valence-electron chi connectivity index (χ4n) is 3.66. The van der Waals surface area contributed by atoms with Gasteiger partial charge in [0.2, 0.25) is 6.54 Å². The summed E-state index contributed by atoms with van der Waals surface area (Å²) in [6.45, 7) is 2.08. The van der Waals surface area contributed by atoms with E-state index in [4.69, 9.17) is 14.2 Å². The van der Waals surface area contributed by atoms with Gasteiger partial charge in [-0.1, -0.05) is 17.7 Å². The molecule has 2 heterocycles. The summed E-state index contributed by atoms with van der Waals surface area (Å²) < 4.78 is 17.6. The van der Waals surface area contributed by atoms with Crippen LogP contribution in [0.25, 0.3) is 5.76 Å². The maximum Gasteiger partial charge on any atom is 0.252 e. The molecule has 6 nitrogen and oxygen atoms in total. The largest absolute Gasteiger partial charge is 0.497 e. The smallest absolute Gasteiger partial charge is 0.252 e. The van der Waals surface area contributed by atoms with Crippen molar-refractivity contribution < 1.29 is 19.1 Å². The zero-order valence-corrected chi connectivity index (χ0v) is 17.2. The fraction of sp³-hybridized carbons (Fsp3) is 0.364. The van der Waals surface area contributed by atoms with Gasteiger partial charge in [-0.2, -0.15) is 0 Å². The Balaban J connectivity index is 1.62. The molecule has 0 spiro atoms. The second kappa shape index (κ2) is 8.37. The van der Waals surface area contributed by atoms with Gasteiger partial charge in [-0.05, 0) is 49.4 Å². The van der Waals surface area contributed by atoms with Crippen molar-refractivity contribution in [3.63, 3.8) is 0 Å². The molecule has 0 aliphatic carbocycles. The lowest BCUT2D eigenvalue weighted by molar-refractivity contribution is -0.480. The van der Waals surface area contributed by atoms with E-state index in [0.717, 1.165) is 45.5 Å². The predicted octanol–water partition coefficient (Wildman–Crippen LogP) is 4.99. The molecule has 0 saturated heterocycles. The molecule has 4 rings (SSSR count). The number of fused-ring (bicyclic) bond motifs is 3. The van der Waals surface area contributed by atoms with Crippen molar-refractivity contribution in [2.24, 2.45) is 0 Å². The molecular formula is C22H23NO5S. The summed E-state index contributed by atoms with van der Waals surface area (Å²) in [6.07, 6.45) is 0.987. The fourth-order valence-corrected chi connectivity index (χ4v) is 4.95. The summed E-state index contributed by atoms with van der Waals surface area (Å²) >= 11 is 1.72. The summed E-state index contributed by atoms with van der Waals surface area (Å²) in [6, 6.07) is 14.0. The Labute approximate surface area is 174 Å². The molecule has 0 radical (unpaired) electrons. The highest BCUT2D eigenvalue weighted by Crippen LogP contribution is 2.54. The van der Waals surface area contributed by atoms with Crippen LogP contribution >= 0.6 is 11.8 Å². The summed E-state index contributed by atoms with van der Waals surface area (Å²) in [5, 5.41) is 10.6. The molecular weight excluding hydrogens is 390 g/mol. The van der Waals surface area contributed by atoms with Crippen LogP contribution in [0.1, 0.15) is 35.4 Å². The van der Waals surface area contributed by atoms with Crippen LogP contribution in [0.5, 0.6) is 11.5 Å². The van der Waals surface area contributed by atoms with Crippen LogP contribution in [0.15, 0.2) is 47.4 Å². The van der Waals surface area contributed by atoms with Gasteiger partial charge < -0.3 is 14.2 Å². The van der Waals surface area contributed by atoms with Crippen LogP contribution in [0.3, 0.4) is 0 Å². The average Bonchev–Trinajstić information content (AvgIpc) is 3.24. The van der Waals surface area contributed by atoms with Crippen molar-refractivity contribution in [3.8, 4) is 11.5 Å². The number of benzene rings is 2. The second-order valence-corrected chi connectivity index (χ2v) is 8.29. The number of unbranched alkanes of at least 4 members (excludes halogenated alkanes) is 1. The summed E-state index contributed by atoms with van der Waals surface area (Å²) in [5.74, 6) is 3.32. The first-order valence-corrected chi connectivity index (χ1v) is 10.6. The Hall–Kier alpha value is -2.67. The summed E-state index contributed by atoms with van der Waals surface area (Å²) in [7, 11) is 1.64. The molecule has 0 bridgehead atoms. The predicted molar refractivity (Wildman–Crippen MR) is 113 cm³/mol. The highest BCUT2D eigenvalue weighted by atomic mass is 32.2. The van der Waals surface area contributed by atoms with Gasteiger partial charge in [-0.15, -0.1) is 11.8 Å². The number of aryl methyl sites for hydroxylation is 1. The average molecular weight is 413 g/mol. The molecule has 0 amide bonds. The molecule has 2 aliphatic heterocycles. The molecule has 2 aliphatic rings. The minimum atomic E-state index is -0.370. The lowest BCUT2D eigenvalue weighted by Gasteiger charge is -2.12. The maximum absolute atomic E-state index is 10.6. The van der Waals surface area contributed by atoms with Gasteiger partial charge in [-0.3, -0.25) is 10.1 Å². The standard InChI is InChI=1S/C22H23NO5S/c1-14-5-10-18-17(13-14)19-21(29-12-4-3-11-23(24)25)20(28-22(19)27-18)15-6-8-16(26-2)9-7-15/h5-10,13,19,22H,3-4,11-12H2,1-2H3. The highest BCUT2D eigenvalue weighted by Gasteiger charge is 2.46.